The van der Waals surface area contributed by atoms with E-state index >= 15 is 0 Å². The van der Waals surface area contributed by atoms with Crippen molar-refractivity contribution in [2.75, 3.05) is 6.79 Å². The molecule has 0 aromatic rings. The molecule has 2 rings (SSSR count). The summed E-state index contributed by atoms with van der Waals surface area (Å²) in [7, 11) is 0. The summed E-state index contributed by atoms with van der Waals surface area (Å²) < 4.78 is 32.5. The Morgan fingerprint density at radius 1 is 0.710 bits per heavy atom. The van der Waals surface area contributed by atoms with Crippen LogP contribution in [0, 0.1) is 0 Å². The average Bonchev–Trinajstić information content (AvgIpc) is 2.90. The molecule has 2 aliphatic rings. The summed E-state index contributed by atoms with van der Waals surface area (Å²) in [6.07, 6.45) is 1.07. The standard InChI is InChI=1S/C22H30O9/c1-20(2,3)29-17(23)13-14(18(24)30-21(4,5)6)16(19(25)31-22(7,8)9)26-10-12-15(13)28-11-27-12/h10H,11H2,1-9H3. The molecule has 31 heavy (non-hydrogen) atoms. The molecule has 0 aromatic heterocycles. The maximum Gasteiger partial charge on any atom is 0.375 e. The van der Waals surface area contributed by atoms with Crippen molar-refractivity contribution < 1.29 is 42.8 Å². The van der Waals surface area contributed by atoms with Crippen molar-refractivity contribution in [3.8, 4) is 0 Å². The van der Waals surface area contributed by atoms with Gasteiger partial charge in [0, 0.05) is 0 Å². The molecular weight excluding hydrogens is 408 g/mol. The van der Waals surface area contributed by atoms with E-state index in [1.807, 2.05) is 0 Å². The smallest absolute Gasteiger partial charge is 0.375 e. The normalized spacial score (nSPS) is 16.9. The summed E-state index contributed by atoms with van der Waals surface area (Å²) in [5.74, 6) is -3.45. The monoisotopic (exact) mass is 438 g/mol. The third-order valence-electron chi connectivity index (χ3n) is 3.42. The highest BCUT2D eigenvalue weighted by Gasteiger charge is 2.43. The molecule has 0 aliphatic carbocycles. The number of rotatable bonds is 3. The Balaban J connectivity index is 2.74. The fraction of sp³-hybridized carbons (Fsp3) is 0.591. The van der Waals surface area contributed by atoms with E-state index in [-0.39, 0.29) is 23.9 Å². The second-order valence-electron chi connectivity index (χ2n) is 9.92. The predicted molar refractivity (Wildman–Crippen MR) is 108 cm³/mol. The van der Waals surface area contributed by atoms with Gasteiger partial charge in [-0.15, -0.1) is 0 Å². The van der Waals surface area contributed by atoms with E-state index in [4.69, 9.17) is 28.4 Å². The van der Waals surface area contributed by atoms with E-state index in [0.717, 1.165) is 6.26 Å². The molecule has 0 unspecified atom stereocenters. The van der Waals surface area contributed by atoms with Gasteiger partial charge in [-0.25, -0.2) is 14.4 Å². The van der Waals surface area contributed by atoms with Crippen LogP contribution in [0.5, 0.6) is 0 Å². The molecule has 9 heteroatoms. The fourth-order valence-electron chi connectivity index (χ4n) is 2.49. The molecule has 1 fully saturated rings. The lowest BCUT2D eigenvalue weighted by Gasteiger charge is -2.25. The molecular formula is C22H30O9. The van der Waals surface area contributed by atoms with E-state index < -0.39 is 46.0 Å². The van der Waals surface area contributed by atoms with Crippen LogP contribution in [0.25, 0.3) is 0 Å². The molecule has 9 nitrogen and oxygen atoms in total. The Kier molecular flexibility index (Phi) is 6.49. The lowest BCUT2D eigenvalue weighted by molar-refractivity contribution is -0.157. The van der Waals surface area contributed by atoms with Gasteiger partial charge in [-0.2, -0.15) is 0 Å². The van der Waals surface area contributed by atoms with Gasteiger partial charge in [-0.1, -0.05) is 0 Å². The molecule has 0 amide bonds. The summed E-state index contributed by atoms with van der Waals surface area (Å²) in [5, 5.41) is 0. The van der Waals surface area contributed by atoms with E-state index in [0.29, 0.717) is 0 Å². The maximum absolute atomic E-state index is 13.2. The first-order chi connectivity index (χ1) is 14.0. The van der Waals surface area contributed by atoms with Crippen LogP contribution in [0.3, 0.4) is 0 Å². The Bertz CT molecular complexity index is 868. The average molecular weight is 438 g/mol. The topological polar surface area (TPSA) is 107 Å². The minimum atomic E-state index is -0.980. The molecule has 2 aliphatic heterocycles. The number of hydrogen-bond donors (Lipinski definition) is 0. The molecule has 0 atom stereocenters. The van der Waals surface area contributed by atoms with Crippen molar-refractivity contribution in [1.82, 2.24) is 0 Å². The van der Waals surface area contributed by atoms with Crippen LogP contribution in [0.4, 0.5) is 0 Å². The highest BCUT2D eigenvalue weighted by atomic mass is 16.7. The summed E-state index contributed by atoms with van der Waals surface area (Å²) in [6.45, 7) is 14.7. The maximum atomic E-state index is 13.2. The molecule has 172 valence electrons. The summed E-state index contributed by atoms with van der Waals surface area (Å²) >= 11 is 0. The second kappa shape index (κ2) is 8.28. The van der Waals surface area contributed by atoms with Crippen LogP contribution in [-0.2, 0) is 42.8 Å². The Morgan fingerprint density at radius 3 is 1.65 bits per heavy atom. The third-order valence-corrected chi connectivity index (χ3v) is 3.42. The van der Waals surface area contributed by atoms with Crippen molar-refractivity contribution in [2.45, 2.75) is 79.1 Å². The van der Waals surface area contributed by atoms with Gasteiger partial charge in [0.25, 0.3) is 0 Å². The van der Waals surface area contributed by atoms with Gasteiger partial charge < -0.3 is 28.4 Å². The minimum Gasteiger partial charge on any atom is -0.456 e. The van der Waals surface area contributed by atoms with E-state index in [1.54, 1.807) is 62.3 Å². The van der Waals surface area contributed by atoms with Crippen LogP contribution >= 0.6 is 0 Å². The molecule has 1 saturated heterocycles. The molecule has 0 saturated carbocycles. The van der Waals surface area contributed by atoms with Crippen molar-refractivity contribution >= 4 is 17.9 Å². The number of carbonyl (C=O) groups excluding carboxylic acids is 3. The van der Waals surface area contributed by atoms with Gasteiger partial charge in [-0.3, -0.25) is 0 Å². The van der Waals surface area contributed by atoms with Gasteiger partial charge in [0.05, 0.1) is 0 Å². The summed E-state index contributed by atoms with van der Waals surface area (Å²) in [4.78, 5) is 39.3. The SMILES string of the molecule is CC(C)(C)OC(=O)C1=C(C(=O)OC(C)(C)C)C(C(=O)OC(C)(C)C)=C2OCOC2=CO1. The third kappa shape index (κ3) is 6.50. The highest BCUT2D eigenvalue weighted by Crippen LogP contribution is 2.36. The zero-order chi connectivity index (χ0) is 23.8. The number of esters is 3. The first-order valence-electron chi connectivity index (χ1n) is 9.80. The number of ether oxygens (including phenoxy) is 6. The van der Waals surface area contributed by atoms with Crippen LogP contribution in [0.2, 0.25) is 0 Å². The van der Waals surface area contributed by atoms with E-state index in [9.17, 15) is 14.4 Å². The summed E-state index contributed by atoms with van der Waals surface area (Å²) in [5.41, 5.74) is -3.53. The molecule has 0 radical (unpaired) electrons. The molecule has 2 heterocycles. The van der Waals surface area contributed by atoms with Crippen molar-refractivity contribution in [1.29, 1.82) is 0 Å². The van der Waals surface area contributed by atoms with E-state index in [2.05, 4.69) is 0 Å². The highest BCUT2D eigenvalue weighted by molar-refractivity contribution is 6.12. The van der Waals surface area contributed by atoms with Crippen molar-refractivity contribution in [3.63, 3.8) is 0 Å². The Hall–Kier alpha value is -2.97. The summed E-state index contributed by atoms with van der Waals surface area (Å²) in [6, 6.07) is 0. The number of fused-ring (bicyclic) bond motifs is 1. The van der Waals surface area contributed by atoms with Gasteiger partial charge >= 0.3 is 17.9 Å². The van der Waals surface area contributed by atoms with Crippen molar-refractivity contribution in [2.24, 2.45) is 0 Å². The van der Waals surface area contributed by atoms with E-state index in [1.165, 1.54) is 0 Å². The zero-order valence-corrected chi connectivity index (χ0v) is 19.5. The zero-order valence-electron chi connectivity index (χ0n) is 19.5. The quantitative estimate of drug-likeness (QED) is 0.484. The van der Waals surface area contributed by atoms with Gasteiger partial charge in [0.15, 0.2) is 5.76 Å². The predicted octanol–water partition coefficient (Wildman–Crippen LogP) is 3.40. The fourth-order valence-corrected chi connectivity index (χ4v) is 2.49. The van der Waals surface area contributed by atoms with Crippen LogP contribution in [0.15, 0.2) is 34.7 Å². The number of carbonyl (C=O) groups is 3. The van der Waals surface area contributed by atoms with Crippen molar-refractivity contribution in [3.05, 3.63) is 34.7 Å². The van der Waals surface area contributed by atoms with Crippen LogP contribution in [0.1, 0.15) is 62.3 Å². The van der Waals surface area contributed by atoms with Gasteiger partial charge in [-0.05, 0) is 62.3 Å². The largest absolute Gasteiger partial charge is 0.456 e. The Labute approximate surface area is 181 Å². The second-order valence-corrected chi connectivity index (χ2v) is 9.92. The van der Waals surface area contributed by atoms with Gasteiger partial charge in [0.1, 0.15) is 34.2 Å². The lowest BCUT2D eigenvalue weighted by Crippen LogP contribution is -2.33. The van der Waals surface area contributed by atoms with Crippen LogP contribution < -0.4 is 0 Å². The number of hydrogen-bond acceptors (Lipinski definition) is 9. The van der Waals surface area contributed by atoms with Gasteiger partial charge in [0.2, 0.25) is 18.3 Å². The first kappa shape index (κ1) is 24.3. The Morgan fingerprint density at radius 2 is 1.16 bits per heavy atom. The molecule has 0 N–H and O–H groups in total. The molecule has 0 spiro atoms. The minimum absolute atomic E-state index is 0.0282. The molecule has 0 bridgehead atoms. The lowest BCUT2D eigenvalue weighted by atomic mass is 10.0. The first-order valence-corrected chi connectivity index (χ1v) is 9.80. The molecule has 0 aromatic carbocycles. The van der Waals surface area contributed by atoms with Crippen LogP contribution in [-0.4, -0.2) is 41.5 Å².